The molecule has 2 fully saturated rings. The lowest BCUT2D eigenvalue weighted by molar-refractivity contribution is -0.154. The van der Waals surface area contributed by atoms with Gasteiger partial charge in [-0.05, 0) is 64.4 Å². The van der Waals surface area contributed by atoms with Crippen LogP contribution in [0.15, 0.2) is 59.8 Å². The number of rotatable bonds is 5. The third kappa shape index (κ3) is 10.4. The zero-order valence-corrected chi connectivity index (χ0v) is 23.5. The summed E-state index contributed by atoms with van der Waals surface area (Å²) < 4.78 is 18.9. The molecule has 6 heteroatoms. The van der Waals surface area contributed by atoms with Crippen molar-refractivity contribution >= 4 is 11.9 Å². The Morgan fingerprint density at radius 1 is 0.974 bits per heavy atom. The first kappa shape index (κ1) is 30.1. The molecule has 0 amide bonds. The van der Waals surface area contributed by atoms with Gasteiger partial charge in [0.15, 0.2) is 0 Å². The van der Waals surface area contributed by atoms with Gasteiger partial charge in [0.1, 0.15) is 6.10 Å². The van der Waals surface area contributed by atoms with Crippen molar-refractivity contribution in [2.45, 2.75) is 116 Å². The van der Waals surface area contributed by atoms with Crippen molar-refractivity contribution in [3.63, 3.8) is 0 Å². The van der Waals surface area contributed by atoms with E-state index in [0.717, 1.165) is 44.1 Å². The van der Waals surface area contributed by atoms with Gasteiger partial charge in [0.2, 0.25) is 0 Å². The molecule has 0 aromatic rings. The van der Waals surface area contributed by atoms with E-state index in [0.29, 0.717) is 5.92 Å². The monoisotopic (exact) mass is 526 g/mol. The Balaban J connectivity index is 1.77. The van der Waals surface area contributed by atoms with E-state index in [4.69, 9.17) is 19.3 Å². The highest BCUT2D eigenvalue weighted by Crippen LogP contribution is 2.33. The largest absolute Gasteiger partial charge is 0.481 e. The van der Waals surface area contributed by atoms with Gasteiger partial charge in [-0.3, -0.25) is 9.59 Å². The van der Waals surface area contributed by atoms with Gasteiger partial charge in [-0.15, -0.1) is 0 Å². The summed E-state index contributed by atoms with van der Waals surface area (Å²) >= 11 is 0. The van der Waals surface area contributed by atoms with Crippen LogP contribution in [0.25, 0.3) is 0 Å². The number of hydrogen-bond acceptors (Lipinski definition) is 5. The maximum Gasteiger partial charge on any atom is 0.309 e. The second-order valence-electron chi connectivity index (χ2n) is 11.3. The van der Waals surface area contributed by atoms with E-state index in [2.05, 4.69) is 39.0 Å². The molecule has 1 N–H and O–H groups in total. The van der Waals surface area contributed by atoms with E-state index in [9.17, 15) is 9.59 Å². The number of cyclic esters (lactones) is 1. The van der Waals surface area contributed by atoms with Crippen LogP contribution in [-0.4, -0.2) is 47.6 Å². The predicted octanol–water partition coefficient (Wildman–Crippen LogP) is 6.88. The lowest BCUT2D eigenvalue weighted by Crippen LogP contribution is -2.37. The molecule has 38 heavy (non-hydrogen) atoms. The van der Waals surface area contributed by atoms with Crippen molar-refractivity contribution in [2.75, 3.05) is 0 Å². The molecule has 0 radical (unpaired) electrons. The van der Waals surface area contributed by atoms with Crippen molar-refractivity contribution in [3.8, 4) is 0 Å². The fourth-order valence-corrected chi connectivity index (χ4v) is 5.58. The summed E-state index contributed by atoms with van der Waals surface area (Å²) in [7, 11) is 0. The molecule has 7 atom stereocenters. The number of hydrogen-bond donors (Lipinski definition) is 1. The van der Waals surface area contributed by atoms with Crippen LogP contribution < -0.4 is 0 Å². The van der Waals surface area contributed by atoms with Crippen molar-refractivity contribution < 1.29 is 28.9 Å². The number of ether oxygens (including phenoxy) is 3. The topological polar surface area (TPSA) is 82.1 Å². The summed E-state index contributed by atoms with van der Waals surface area (Å²) in [6.07, 6.45) is 22.8. The molecule has 0 spiro atoms. The molecular formula is C32H46O6. The van der Waals surface area contributed by atoms with Gasteiger partial charge in [0.25, 0.3) is 0 Å². The fourth-order valence-electron chi connectivity index (χ4n) is 5.58. The van der Waals surface area contributed by atoms with E-state index >= 15 is 0 Å². The molecule has 3 rings (SSSR count). The molecule has 0 saturated carbocycles. The molecule has 3 heterocycles. The molecular weight excluding hydrogens is 480 g/mol. The van der Waals surface area contributed by atoms with E-state index < -0.39 is 12.1 Å². The van der Waals surface area contributed by atoms with Gasteiger partial charge in [0, 0.05) is 12.3 Å². The molecule has 3 aliphatic heterocycles. The summed E-state index contributed by atoms with van der Waals surface area (Å²) in [4.78, 5) is 23.9. The normalized spacial score (nSPS) is 35.9. The Morgan fingerprint density at radius 3 is 2.42 bits per heavy atom. The number of esters is 1. The molecule has 7 unspecified atom stereocenters. The minimum atomic E-state index is -0.847. The first-order valence-corrected chi connectivity index (χ1v) is 14.3. The first-order valence-electron chi connectivity index (χ1n) is 14.3. The average Bonchev–Trinajstić information content (AvgIpc) is 2.85. The maximum absolute atomic E-state index is 13.1. The smallest absolute Gasteiger partial charge is 0.309 e. The first-order chi connectivity index (χ1) is 18.2. The molecule has 6 nitrogen and oxygen atoms in total. The molecule has 3 aliphatic rings. The number of carboxylic acid groups (broad SMARTS) is 1. The van der Waals surface area contributed by atoms with E-state index in [-0.39, 0.29) is 49.1 Å². The van der Waals surface area contributed by atoms with Gasteiger partial charge < -0.3 is 19.3 Å². The third-order valence-electron chi connectivity index (χ3n) is 7.63. The van der Waals surface area contributed by atoms with Crippen LogP contribution >= 0.6 is 0 Å². The Bertz CT molecular complexity index is 942. The Hall–Kier alpha value is -2.44. The van der Waals surface area contributed by atoms with Crippen LogP contribution in [0.1, 0.15) is 85.5 Å². The second-order valence-corrected chi connectivity index (χ2v) is 11.3. The minimum Gasteiger partial charge on any atom is -0.481 e. The van der Waals surface area contributed by atoms with Crippen LogP contribution in [0.5, 0.6) is 0 Å². The van der Waals surface area contributed by atoms with Gasteiger partial charge in [0.05, 0.1) is 37.3 Å². The number of aliphatic carboxylic acids is 1. The lowest BCUT2D eigenvalue weighted by Gasteiger charge is -2.37. The van der Waals surface area contributed by atoms with Crippen LogP contribution in [0.2, 0.25) is 0 Å². The molecule has 2 saturated heterocycles. The maximum atomic E-state index is 13.1. The average molecular weight is 527 g/mol. The van der Waals surface area contributed by atoms with Gasteiger partial charge in [-0.2, -0.15) is 0 Å². The predicted molar refractivity (Wildman–Crippen MR) is 150 cm³/mol. The highest BCUT2D eigenvalue weighted by molar-refractivity contribution is 5.70. The Labute approximate surface area is 228 Å². The molecule has 4 bridgehead atoms. The summed E-state index contributed by atoms with van der Waals surface area (Å²) in [6.45, 7) is 8.13. The zero-order valence-electron chi connectivity index (χ0n) is 23.5. The quantitative estimate of drug-likeness (QED) is 0.239. The summed E-state index contributed by atoms with van der Waals surface area (Å²) in [6, 6.07) is 0. The zero-order chi connectivity index (χ0) is 27.5. The number of carboxylic acids is 1. The standard InChI is InChI=1S/C32H46O6/c1-5-25-18-28-20-27-12-9-11-26(36-27)16-23(3)14-15-24(4)30(38-32(35)21-29(19-25)37-28)13-8-6-7-10-22(2)17-31(33)34/h5-8,10,13-15,23-24,26-30H,9,11-12,16-21H2,1-4H3,(H,33,34)/b7-6-,13-8+,15-14+,22-10+,25-5-. The third-order valence-corrected chi connectivity index (χ3v) is 7.63. The summed E-state index contributed by atoms with van der Waals surface area (Å²) in [5.74, 6) is -0.743. The molecule has 0 aliphatic carbocycles. The fraction of sp³-hybridized carbons (Fsp3) is 0.625. The highest BCUT2D eigenvalue weighted by Gasteiger charge is 2.32. The Morgan fingerprint density at radius 2 is 1.68 bits per heavy atom. The number of carbonyl (C=O) groups excluding carboxylic acids is 1. The van der Waals surface area contributed by atoms with Crippen LogP contribution in [0, 0.1) is 11.8 Å². The van der Waals surface area contributed by atoms with Crippen molar-refractivity contribution in [2.24, 2.45) is 11.8 Å². The second kappa shape index (κ2) is 15.2. The van der Waals surface area contributed by atoms with Crippen molar-refractivity contribution in [1.29, 1.82) is 0 Å². The van der Waals surface area contributed by atoms with E-state index in [1.807, 2.05) is 18.2 Å². The number of allylic oxidation sites excluding steroid dienone is 6. The van der Waals surface area contributed by atoms with E-state index in [1.54, 1.807) is 19.1 Å². The van der Waals surface area contributed by atoms with Crippen LogP contribution in [0.3, 0.4) is 0 Å². The van der Waals surface area contributed by atoms with Crippen molar-refractivity contribution in [1.82, 2.24) is 0 Å². The summed E-state index contributed by atoms with van der Waals surface area (Å²) in [5, 5.41) is 8.90. The van der Waals surface area contributed by atoms with Gasteiger partial charge in [-0.1, -0.05) is 67.5 Å². The van der Waals surface area contributed by atoms with Crippen LogP contribution in [-0.2, 0) is 23.8 Å². The summed E-state index contributed by atoms with van der Waals surface area (Å²) in [5.41, 5.74) is 2.11. The van der Waals surface area contributed by atoms with Crippen molar-refractivity contribution in [3.05, 3.63) is 59.8 Å². The minimum absolute atomic E-state index is 0.00520. The molecule has 0 aromatic heterocycles. The Kier molecular flexibility index (Phi) is 12.1. The molecule has 210 valence electrons. The van der Waals surface area contributed by atoms with Gasteiger partial charge >= 0.3 is 11.9 Å². The molecule has 0 aromatic carbocycles. The SMILES string of the molecule is C/C=C1\CC2CC(=O)OC(/C=C/C=C\C=C(/C)CC(=O)O)C(C)/C=C/C(C)CC3CCCC(CC(C1)O2)O3. The number of carbonyl (C=O) groups is 2. The number of fused-ring (bicyclic) bond motifs is 4. The lowest BCUT2D eigenvalue weighted by atomic mass is 9.90. The van der Waals surface area contributed by atoms with Gasteiger partial charge in [-0.25, -0.2) is 0 Å². The van der Waals surface area contributed by atoms with E-state index in [1.165, 1.54) is 12.0 Å². The highest BCUT2D eigenvalue weighted by atomic mass is 16.5. The van der Waals surface area contributed by atoms with Crippen LogP contribution in [0.4, 0.5) is 0 Å².